The summed E-state index contributed by atoms with van der Waals surface area (Å²) in [5.74, 6) is 2.17. The van der Waals surface area contributed by atoms with E-state index in [1.54, 1.807) is 7.11 Å². The molecule has 3 heteroatoms. The lowest BCUT2D eigenvalue weighted by Gasteiger charge is -2.25. The van der Waals surface area contributed by atoms with E-state index in [0.717, 1.165) is 24.9 Å². The minimum absolute atomic E-state index is 0.672. The van der Waals surface area contributed by atoms with Crippen molar-refractivity contribution in [2.45, 2.75) is 33.2 Å². The van der Waals surface area contributed by atoms with Crippen LogP contribution < -0.4 is 10.1 Å². The van der Waals surface area contributed by atoms with Crippen molar-refractivity contribution in [1.82, 2.24) is 10.3 Å². The Labute approximate surface area is 116 Å². The van der Waals surface area contributed by atoms with Crippen LogP contribution in [0.5, 0.6) is 5.88 Å². The zero-order chi connectivity index (χ0) is 13.7. The van der Waals surface area contributed by atoms with Crippen LogP contribution in [0.2, 0.25) is 0 Å². The molecule has 2 atom stereocenters. The molecule has 0 radical (unpaired) electrons. The molecule has 19 heavy (non-hydrogen) atoms. The Balaban J connectivity index is 1.75. The Morgan fingerprint density at radius 1 is 1.42 bits per heavy atom. The maximum Gasteiger partial charge on any atom is 0.212 e. The first-order chi connectivity index (χ1) is 9.17. The average molecular weight is 260 g/mol. The van der Waals surface area contributed by atoms with E-state index in [2.05, 4.69) is 36.3 Å². The molecule has 3 nitrogen and oxygen atoms in total. The molecule has 2 rings (SSSR count). The van der Waals surface area contributed by atoms with Crippen molar-refractivity contribution < 1.29 is 4.74 Å². The molecule has 0 saturated heterocycles. The summed E-state index contributed by atoms with van der Waals surface area (Å²) in [5, 5.41) is 3.54. The van der Waals surface area contributed by atoms with E-state index >= 15 is 0 Å². The lowest BCUT2D eigenvalue weighted by atomic mass is 9.84. The van der Waals surface area contributed by atoms with Crippen LogP contribution in [0.15, 0.2) is 30.0 Å². The molecule has 0 bridgehead atoms. The summed E-state index contributed by atoms with van der Waals surface area (Å²) in [6, 6.07) is 3.97. The van der Waals surface area contributed by atoms with Crippen LogP contribution in [-0.4, -0.2) is 18.6 Å². The predicted molar refractivity (Wildman–Crippen MR) is 78.1 cm³/mol. The molecule has 104 valence electrons. The van der Waals surface area contributed by atoms with Gasteiger partial charge >= 0.3 is 0 Å². The summed E-state index contributed by atoms with van der Waals surface area (Å²) in [7, 11) is 1.64. The summed E-state index contributed by atoms with van der Waals surface area (Å²) in [6.07, 6.45) is 6.81. The molecule has 1 N–H and O–H groups in total. The van der Waals surface area contributed by atoms with Gasteiger partial charge in [-0.15, -0.1) is 0 Å². The van der Waals surface area contributed by atoms with Gasteiger partial charge in [0.2, 0.25) is 5.88 Å². The Bertz CT molecular complexity index is 425. The number of pyridine rings is 1. The van der Waals surface area contributed by atoms with Gasteiger partial charge in [0.1, 0.15) is 0 Å². The minimum atomic E-state index is 0.672. The molecule has 0 spiro atoms. The number of nitrogens with zero attached hydrogens (tertiary/aromatic N) is 1. The van der Waals surface area contributed by atoms with Gasteiger partial charge in [-0.1, -0.05) is 24.6 Å². The smallest absolute Gasteiger partial charge is 0.212 e. The van der Waals surface area contributed by atoms with Crippen LogP contribution in [0.3, 0.4) is 0 Å². The second-order valence-corrected chi connectivity index (χ2v) is 5.64. The Kier molecular flexibility index (Phi) is 4.97. The molecule has 0 aliphatic heterocycles. The molecule has 1 aliphatic rings. The number of hydrogen-bond donors (Lipinski definition) is 1. The van der Waals surface area contributed by atoms with E-state index in [0.29, 0.717) is 5.88 Å². The molecule has 1 aromatic heterocycles. The third kappa shape index (κ3) is 4.35. The zero-order valence-corrected chi connectivity index (χ0v) is 12.1. The van der Waals surface area contributed by atoms with Crippen molar-refractivity contribution in [3.05, 3.63) is 35.5 Å². The number of methoxy groups -OCH3 is 1. The van der Waals surface area contributed by atoms with Gasteiger partial charge in [0.05, 0.1) is 7.11 Å². The van der Waals surface area contributed by atoms with Gasteiger partial charge in [-0.2, -0.15) is 0 Å². The Hall–Kier alpha value is -1.35. The van der Waals surface area contributed by atoms with Gasteiger partial charge < -0.3 is 10.1 Å². The second-order valence-electron chi connectivity index (χ2n) is 5.64. The van der Waals surface area contributed by atoms with Crippen molar-refractivity contribution in [3.8, 4) is 5.88 Å². The standard InChI is InChI=1S/C16H24N2O/c1-12-6-13(2)8-15(7-12)10-17-9-14-4-5-16(19-3)18-11-14/h4-6,11-12,15,17H,7-10H2,1-3H3. The fourth-order valence-electron chi connectivity index (χ4n) is 2.90. The second kappa shape index (κ2) is 6.71. The number of aromatic nitrogens is 1. The van der Waals surface area contributed by atoms with Crippen molar-refractivity contribution in [2.75, 3.05) is 13.7 Å². The molecule has 1 aliphatic carbocycles. The normalized spacial score (nSPS) is 23.0. The first-order valence-electron chi connectivity index (χ1n) is 7.04. The topological polar surface area (TPSA) is 34.1 Å². The lowest BCUT2D eigenvalue weighted by molar-refractivity contribution is 0.380. The summed E-state index contributed by atoms with van der Waals surface area (Å²) < 4.78 is 5.05. The largest absolute Gasteiger partial charge is 0.481 e. The number of ether oxygens (including phenoxy) is 1. The van der Waals surface area contributed by atoms with E-state index in [4.69, 9.17) is 4.74 Å². The van der Waals surface area contributed by atoms with Gasteiger partial charge in [-0.05, 0) is 43.7 Å². The molecule has 0 amide bonds. The number of nitrogens with one attached hydrogen (secondary N) is 1. The number of hydrogen-bond acceptors (Lipinski definition) is 3. The summed E-state index contributed by atoms with van der Waals surface area (Å²) in [6.45, 7) is 6.52. The predicted octanol–water partition coefficient (Wildman–Crippen LogP) is 3.17. The van der Waals surface area contributed by atoms with Crippen LogP contribution in [0.25, 0.3) is 0 Å². The highest BCUT2D eigenvalue weighted by Gasteiger charge is 2.17. The molecule has 0 aromatic carbocycles. The van der Waals surface area contributed by atoms with Crippen LogP contribution in [-0.2, 0) is 6.54 Å². The van der Waals surface area contributed by atoms with Crippen molar-refractivity contribution in [3.63, 3.8) is 0 Å². The maximum absolute atomic E-state index is 5.05. The Morgan fingerprint density at radius 3 is 2.89 bits per heavy atom. The lowest BCUT2D eigenvalue weighted by Crippen LogP contribution is -2.25. The molecule has 0 saturated carbocycles. The SMILES string of the molecule is COc1ccc(CNCC2CC(C)=CC(C)C2)cn1. The van der Waals surface area contributed by atoms with E-state index in [9.17, 15) is 0 Å². The molecule has 2 unspecified atom stereocenters. The molecule has 0 fully saturated rings. The summed E-state index contributed by atoms with van der Waals surface area (Å²) in [5.41, 5.74) is 2.74. The van der Waals surface area contributed by atoms with Gasteiger partial charge in [0, 0.05) is 18.8 Å². The van der Waals surface area contributed by atoms with Gasteiger partial charge in [-0.25, -0.2) is 4.98 Å². The summed E-state index contributed by atoms with van der Waals surface area (Å²) >= 11 is 0. The molecular weight excluding hydrogens is 236 g/mol. The van der Waals surface area contributed by atoms with Crippen LogP contribution in [0.4, 0.5) is 0 Å². The fraction of sp³-hybridized carbons (Fsp3) is 0.562. The maximum atomic E-state index is 5.05. The monoisotopic (exact) mass is 260 g/mol. The summed E-state index contributed by atoms with van der Waals surface area (Å²) in [4.78, 5) is 4.22. The molecular formula is C16H24N2O. The highest BCUT2D eigenvalue weighted by molar-refractivity contribution is 5.17. The molecule has 1 heterocycles. The van der Waals surface area contributed by atoms with E-state index in [-0.39, 0.29) is 0 Å². The third-order valence-electron chi connectivity index (χ3n) is 3.65. The van der Waals surface area contributed by atoms with Gasteiger partial charge in [-0.3, -0.25) is 0 Å². The van der Waals surface area contributed by atoms with E-state index in [1.165, 1.54) is 24.0 Å². The number of allylic oxidation sites excluding steroid dienone is 2. The van der Waals surface area contributed by atoms with E-state index in [1.807, 2.05) is 12.3 Å². The van der Waals surface area contributed by atoms with Crippen molar-refractivity contribution >= 4 is 0 Å². The minimum Gasteiger partial charge on any atom is -0.481 e. The number of rotatable bonds is 5. The first kappa shape index (κ1) is 14.1. The quantitative estimate of drug-likeness (QED) is 0.826. The molecule has 1 aromatic rings. The highest BCUT2D eigenvalue weighted by Crippen LogP contribution is 2.27. The first-order valence-corrected chi connectivity index (χ1v) is 7.04. The van der Waals surface area contributed by atoms with Crippen LogP contribution >= 0.6 is 0 Å². The fourth-order valence-corrected chi connectivity index (χ4v) is 2.90. The van der Waals surface area contributed by atoms with Crippen LogP contribution in [0.1, 0.15) is 32.3 Å². The zero-order valence-electron chi connectivity index (χ0n) is 12.1. The highest BCUT2D eigenvalue weighted by atomic mass is 16.5. The van der Waals surface area contributed by atoms with Crippen LogP contribution in [0, 0.1) is 11.8 Å². The third-order valence-corrected chi connectivity index (χ3v) is 3.65. The van der Waals surface area contributed by atoms with Gasteiger partial charge in [0.25, 0.3) is 0 Å². The Morgan fingerprint density at radius 2 is 2.26 bits per heavy atom. The van der Waals surface area contributed by atoms with Gasteiger partial charge in [0.15, 0.2) is 0 Å². The average Bonchev–Trinajstić information content (AvgIpc) is 2.38. The van der Waals surface area contributed by atoms with E-state index < -0.39 is 0 Å². The van der Waals surface area contributed by atoms with Crippen molar-refractivity contribution in [2.24, 2.45) is 11.8 Å². The van der Waals surface area contributed by atoms with Crippen molar-refractivity contribution in [1.29, 1.82) is 0 Å².